The predicted molar refractivity (Wildman–Crippen MR) is 73.3 cm³/mol. The first-order valence-electron chi connectivity index (χ1n) is 6.16. The average Bonchev–Trinajstić information content (AvgIpc) is 2.43. The lowest BCUT2D eigenvalue weighted by Crippen LogP contribution is -2.22. The number of benzene rings is 2. The third-order valence-corrected chi connectivity index (χ3v) is 3.31. The van der Waals surface area contributed by atoms with Gasteiger partial charge in [-0.2, -0.15) is 0 Å². The molecule has 20 heavy (non-hydrogen) atoms. The highest BCUT2D eigenvalue weighted by Crippen LogP contribution is 2.29. The molecule has 2 rings (SSSR count). The molecule has 1 N–H and O–H groups in total. The third kappa shape index (κ3) is 2.97. The minimum atomic E-state index is -1.47. The molecule has 106 valence electrons. The predicted octanol–water partition coefficient (Wildman–Crippen LogP) is 4.46. The summed E-state index contributed by atoms with van der Waals surface area (Å²) in [6.07, 6.45) is 0. The van der Waals surface area contributed by atoms with E-state index in [0.717, 1.165) is 12.1 Å². The normalized spacial score (nSPS) is 12.4. The zero-order valence-corrected chi connectivity index (χ0v) is 11.5. The van der Waals surface area contributed by atoms with Crippen molar-refractivity contribution in [1.29, 1.82) is 0 Å². The molecule has 0 aliphatic carbocycles. The van der Waals surface area contributed by atoms with Crippen molar-refractivity contribution >= 4 is 11.6 Å². The minimum absolute atomic E-state index is 0.288. The van der Waals surface area contributed by atoms with Crippen LogP contribution in [0, 0.1) is 17.5 Å². The van der Waals surface area contributed by atoms with Crippen molar-refractivity contribution in [1.82, 2.24) is 5.32 Å². The van der Waals surface area contributed by atoms with E-state index in [1.807, 2.05) is 6.92 Å². The quantitative estimate of drug-likeness (QED) is 0.822. The van der Waals surface area contributed by atoms with Crippen LogP contribution in [0.2, 0.25) is 5.02 Å². The van der Waals surface area contributed by atoms with Crippen molar-refractivity contribution in [2.75, 3.05) is 6.54 Å². The van der Waals surface area contributed by atoms with Crippen LogP contribution in [0.3, 0.4) is 0 Å². The monoisotopic (exact) mass is 299 g/mol. The maximum atomic E-state index is 13.4. The first-order chi connectivity index (χ1) is 9.54. The lowest BCUT2D eigenvalue weighted by Gasteiger charge is -2.20. The second-order valence-corrected chi connectivity index (χ2v) is 4.72. The Morgan fingerprint density at radius 3 is 2.25 bits per heavy atom. The summed E-state index contributed by atoms with van der Waals surface area (Å²) in [5.74, 6) is -3.90. The van der Waals surface area contributed by atoms with E-state index in [4.69, 9.17) is 11.6 Å². The largest absolute Gasteiger partial charge is 0.306 e. The molecular weight excluding hydrogens is 287 g/mol. The second-order valence-electron chi connectivity index (χ2n) is 4.31. The van der Waals surface area contributed by atoms with Crippen molar-refractivity contribution in [2.24, 2.45) is 0 Å². The Balaban J connectivity index is 2.52. The molecule has 0 saturated carbocycles. The van der Waals surface area contributed by atoms with Gasteiger partial charge >= 0.3 is 0 Å². The number of rotatable bonds is 4. The van der Waals surface area contributed by atoms with E-state index < -0.39 is 23.5 Å². The highest BCUT2D eigenvalue weighted by molar-refractivity contribution is 6.31. The molecular formula is C15H13ClF3N. The summed E-state index contributed by atoms with van der Waals surface area (Å²) in [6.45, 7) is 2.43. The molecule has 0 aliphatic rings. The summed E-state index contributed by atoms with van der Waals surface area (Å²) in [6, 6.07) is 8.46. The van der Waals surface area contributed by atoms with Crippen molar-refractivity contribution in [2.45, 2.75) is 13.0 Å². The molecule has 0 saturated heterocycles. The number of halogens is 4. The van der Waals surface area contributed by atoms with Gasteiger partial charge in [0.1, 0.15) is 0 Å². The van der Waals surface area contributed by atoms with Crippen LogP contribution in [-0.4, -0.2) is 6.54 Å². The van der Waals surface area contributed by atoms with Gasteiger partial charge in [-0.15, -0.1) is 0 Å². The highest BCUT2D eigenvalue weighted by atomic mass is 35.5. The van der Waals surface area contributed by atoms with Crippen LogP contribution < -0.4 is 5.32 Å². The fraction of sp³-hybridized carbons (Fsp3) is 0.200. The second kappa shape index (κ2) is 6.29. The first kappa shape index (κ1) is 14.9. The maximum Gasteiger partial charge on any atom is 0.194 e. The van der Waals surface area contributed by atoms with Gasteiger partial charge in [-0.05, 0) is 35.9 Å². The van der Waals surface area contributed by atoms with Crippen molar-refractivity contribution in [3.05, 3.63) is 70.0 Å². The van der Waals surface area contributed by atoms with E-state index in [1.165, 1.54) is 0 Å². The summed E-state index contributed by atoms with van der Waals surface area (Å²) in [7, 11) is 0. The third-order valence-electron chi connectivity index (χ3n) is 2.96. The molecule has 2 aromatic carbocycles. The van der Waals surface area contributed by atoms with Crippen LogP contribution in [0.25, 0.3) is 0 Å². The van der Waals surface area contributed by atoms with E-state index >= 15 is 0 Å². The van der Waals surface area contributed by atoms with Gasteiger partial charge in [0.25, 0.3) is 0 Å². The summed E-state index contributed by atoms with van der Waals surface area (Å²) >= 11 is 6.11. The number of nitrogens with one attached hydrogen (secondary N) is 1. The van der Waals surface area contributed by atoms with Gasteiger partial charge in [0.15, 0.2) is 17.5 Å². The molecule has 1 nitrogen and oxygen atoms in total. The SMILES string of the molecule is CCNC(c1cc(F)c(F)c(F)c1)c1ccccc1Cl. The molecule has 0 heterocycles. The lowest BCUT2D eigenvalue weighted by molar-refractivity contribution is 0.442. The van der Waals surface area contributed by atoms with Gasteiger partial charge in [-0.25, -0.2) is 13.2 Å². The molecule has 5 heteroatoms. The van der Waals surface area contributed by atoms with Crippen LogP contribution in [0.1, 0.15) is 24.1 Å². The highest BCUT2D eigenvalue weighted by Gasteiger charge is 2.20. The van der Waals surface area contributed by atoms with Gasteiger partial charge in [-0.3, -0.25) is 0 Å². The number of hydrogen-bond acceptors (Lipinski definition) is 1. The van der Waals surface area contributed by atoms with E-state index in [1.54, 1.807) is 24.3 Å². The van der Waals surface area contributed by atoms with Crippen molar-refractivity contribution < 1.29 is 13.2 Å². The van der Waals surface area contributed by atoms with Crippen LogP contribution in [0.4, 0.5) is 13.2 Å². The Morgan fingerprint density at radius 2 is 1.70 bits per heavy atom. The van der Waals surface area contributed by atoms with Crippen LogP contribution in [-0.2, 0) is 0 Å². The average molecular weight is 300 g/mol. The van der Waals surface area contributed by atoms with Crippen LogP contribution in [0.15, 0.2) is 36.4 Å². The Morgan fingerprint density at radius 1 is 1.10 bits per heavy atom. The zero-order chi connectivity index (χ0) is 14.7. The fourth-order valence-corrected chi connectivity index (χ4v) is 2.31. The summed E-state index contributed by atoms with van der Waals surface area (Å²) in [5, 5.41) is 3.57. The molecule has 0 amide bonds. The minimum Gasteiger partial charge on any atom is -0.306 e. The maximum absolute atomic E-state index is 13.4. The van der Waals surface area contributed by atoms with E-state index in [9.17, 15) is 13.2 Å². The number of hydrogen-bond donors (Lipinski definition) is 1. The lowest BCUT2D eigenvalue weighted by atomic mass is 9.98. The summed E-state index contributed by atoms with van der Waals surface area (Å²) < 4.78 is 39.8. The van der Waals surface area contributed by atoms with E-state index in [-0.39, 0.29) is 5.56 Å². The smallest absolute Gasteiger partial charge is 0.194 e. The molecule has 0 radical (unpaired) electrons. The van der Waals surface area contributed by atoms with Crippen molar-refractivity contribution in [3.8, 4) is 0 Å². The van der Waals surface area contributed by atoms with Gasteiger partial charge in [0.05, 0.1) is 6.04 Å². The Bertz CT molecular complexity index is 593. The molecule has 0 spiro atoms. The van der Waals surface area contributed by atoms with E-state index in [2.05, 4.69) is 5.32 Å². The van der Waals surface area contributed by atoms with Gasteiger partial charge < -0.3 is 5.32 Å². The molecule has 1 atom stereocenters. The Kier molecular flexibility index (Phi) is 4.68. The fourth-order valence-electron chi connectivity index (χ4n) is 2.06. The molecule has 1 unspecified atom stereocenters. The summed E-state index contributed by atoms with van der Waals surface area (Å²) in [5.41, 5.74) is 0.970. The Hall–Kier alpha value is -1.52. The molecule has 2 aromatic rings. The van der Waals surface area contributed by atoms with Gasteiger partial charge in [-0.1, -0.05) is 36.7 Å². The first-order valence-corrected chi connectivity index (χ1v) is 6.54. The van der Waals surface area contributed by atoms with Gasteiger partial charge in [0.2, 0.25) is 0 Å². The topological polar surface area (TPSA) is 12.0 Å². The standard InChI is InChI=1S/C15H13ClF3N/c1-2-20-15(10-5-3-4-6-11(10)16)9-7-12(17)14(19)13(18)8-9/h3-8,15,20H,2H2,1H3. The van der Waals surface area contributed by atoms with Crippen molar-refractivity contribution in [3.63, 3.8) is 0 Å². The van der Waals surface area contributed by atoms with E-state index in [0.29, 0.717) is 17.1 Å². The molecule has 0 bridgehead atoms. The molecule has 0 fully saturated rings. The molecule has 0 aliphatic heterocycles. The zero-order valence-electron chi connectivity index (χ0n) is 10.8. The molecule has 0 aromatic heterocycles. The van der Waals surface area contributed by atoms with Gasteiger partial charge in [0, 0.05) is 5.02 Å². The Labute approximate surface area is 120 Å². The van der Waals surface area contributed by atoms with Crippen LogP contribution >= 0.6 is 11.6 Å². The summed E-state index contributed by atoms with van der Waals surface area (Å²) in [4.78, 5) is 0. The van der Waals surface area contributed by atoms with Crippen LogP contribution in [0.5, 0.6) is 0 Å².